The van der Waals surface area contributed by atoms with Crippen LogP contribution in [0.15, 0.2) is 0 Å². The maximum atomic E-state index is 11.8. The lowest BCUT2D eigenvalue weighted by Crippen LogP contribution is -2.49. The molecule has 2 heterocycles. The second kappa shape index (κ2) is 8.21. The third-order valence-corrected chi connectivity index (χ3v) is 5.03. The van der Waals surface area contributed by atoms with E-state index in [1.54, 1.807) is 0 Å². The first-order valence-corrected chi connectivity index (χ1v) is 9.51. The molecule has 0 spiro atoms. The number of nitrogens with one attached hydrogen (secondary N) is 1. The van der Waals surface area contributed by atoms with Gasteiger partial charge in [-0.15, -0.1) is 0 Å². The summed E-state index contributed by atoms with van der Waals surface area (Å²) >= 11 is 0. The molecule has 1 N–H and O–H groups in total. The Kier molecular flexibility index (Phi) is 6.57. The fraction of sp³-hybridized carbons (Fsp3) is 0.923. The lowest BCUT2D eigenvalue weighted by Gasteiger charge is -2.31. The van der Waals surface area contributed by atoms with Crippen molar-refractivity contribution in [3.05, 3.63) is 0 Å². The Balaban J connectivity index is 1.65. The second-order valence-corrected chi connectivity index (χ2v) is 7.62. The Hall–Kier alpha value is -0.740. The number of amides is 1. The van der Waals surface area contributed by atoms with Crippen LogP contribution in [0.4, 0.5) is 0 Å². The monoisotopic (exact) mass is 335 g/mol. The molecular weight excluding hydrogens is 310 g/mol. The maximum absolute atomic E-state index is 11.8. The van der Waals surface area contributed by atoms with Gasteiger partial charge in [-0.2, -0.15) is 9.37 Å². The molecule has 1 unspecified atom stereocenters. The van der Waals surface area contributed by atoms with Crippen LogP contribution in [0.1, 0.15) is 19.3 Å². The van der Waals surface area contributed by atoms with Crippen molar-refractivity contribution in [1.82, 2.24) is 14.7 Å². The van der Waals surface area contributed by atoms with Crippen LogP contribution in [0.3, 0.4) is 0 Å². The minimum absolute atomic E-state index is 0.0748. The molecule has 2 aliphatic heterocycles. The van der Waals surface area contributed by atoms with Gasteiger partial charge in [0.15, 0.2) is 0 Å². The molecule has 2 fully saturated rings. The first-order chi connectivity index (χ1) is 10.4. The van der Waals surface area contributed by atoms with Crippen molar-refractivity contribution in [2.45, 2.75) is 25.4 Å². The highest BCUT2D eigenvalue weighted by molar-refractivity contribution is 7.88. The predicted octanol–water partition coefficient (Wildman–Crippen LogP) is -0.819. The summed E-state index contributed by atoms with van der Waals surface area (Å²) in [6.45, 7) is 3.50. The minimum Gasteiger partial charge on any atom is -0.374 e. The van der Waals surface area contributed by atoms with E-state index in [1.807, 2.05) is 5.06 Å². The van der Waals surface area contributed by atoms with Gasteiger partial charge in [0.05, 0.1) is 25.6 Å². The number of morpholine rings is 1. The standard InChI is InChI=1S/C13H25N3O5S/c1-22(18,19)16-7-9-20-12(11-16)10-14-13(17)4-6-15-5-2-3-8-21-15/h12H,2-11H2,1H3,(H,14,17). The summed E-state index contributed by atoms with van der Waals surface area (Å²) < 4.78 is 29.9. The summed E-state index contributed by atoms with van der Waals surface area (Å²) in [5, 5.41) is 4.62. The van der Waals surface area contributed by atoms with Gasteiger partial charge in [0.2, 0.25) is 15.9 Å². The number of hydrogen-bond donors (Lipinski definition) is 1. The van der Waals surface area contributed by atoms with E-state index in [9.17, 15) is 13.2 Å². The van der Waals surface area contributed by atoms with Gasteiger partial charge in [0.1, 0.15) is 0 Å². The van der Waals surface area contributed by atoms with Crippen LogP contribution in [0, 0.1) is 0 Å². The van der Waals surface area contributed by atoms with Crippen LogP contribution in [0.25, 0.3) is 0 Å². The van der Waals surface area contributed by atoms with E-state index < -0.39 is 10.0 Å². The molecular formula is C13H25N3O5S. The Labute approximate surface area is 131 Å². The van der Waals surface area contributed by atoms with Crippen molar-refractivity contribution < 1.29 is 22.8 Å². The topological polar surface area (TPSA) is 88.2 Å². The van der Waals surface area contributed by atoms with E-state index in [0.29, 0.717) is 32.7 Å². The molecule has 0 aromatic rings. The number of carbonyl (C=O) groups is 1. The third kappa shape index (κ3) is 5.81. The van der Waals surface area contributed by atoms with Crippen molar-refractivity contribution in [1.29, 1.82) is 0 Å². The van der Waals surface area contributed by atoms with E-state index in [-0.39, 0.29) is 18.6 Å². The molecule has 22 heavy (non-hydrogen) atoms. The van der Waals surface area contributed by atoms with Crippen LogP contribution < -0.4 is 5.32 Å². The van der Waals surface area contributed by atoms with Gasteiger partial charge in [-0.25, -0.2) is 8.42 Å². The molecule has 2 rings (SSSR count). The highest BCUT2D eigenvalue weighted by Crippen LogP contribution is 2.09. The average molecular weight is 335 g/mol. The van der Waals surface area contributed by atoms with Crippen molar-refractivity contribution >= 4 is 15.9 Å². The SMILES string of the molecule is CS(=O)(=O)N1CCOC(CNC(=O)CCN2CCCCO2)C1. The van der Waals surface area contributed by atoms with Gasteiger partial charge in [-0.05, 0) is 12.8 Å². The van der Waals surface area contributed by atoms with Crippen LogP contribution in [0.5, 0.6) is 0 Å². The van der Waals surface area contributed by atoms with Crippen molar-refractivity contribution in [2.24, 2.45) is 0 Å². The molecule has 0 aliphatic carbocycles. The van der Waals surface area contributed by atoms with E-state index in [0.717, 1.165) is 26.0 Å². The molecule has 0 saturated carbocycles. The zero-order valence-electron chi connectivity index (χ0n) is 13.0. The van der Waals surface area contributed by atoms with Gasteiger partial charge in [0, 0.05) is 39.1 Å². The lowest BCUT2D eigenvalue weighted by atomic mass is 10.2. The third-order valence-electron chi connectivity index (χ3n) is 3.76. The summed E-state index contributed by atoms with van der Waals surface area (Å²) in [6, 6.07) is 0. The number of carbonyl (C=O) groups excluding carboxylic acids is 1. The summed E-state index contributed by atoms with van der Waals surface area (Å²) in [7, 11) is -3.20. The first kappa shape index (κ1) is 17.6. The highest BCUT2D eigenvalue weighted by atomic mass is 32.2. The number of hydroxylamine groups is 2. The number of rotatable bonds is 6. The number of hydrogen-bond acceptors (Lipinski definition) is 6. The quantitative estimate of drug-likeness (QED) is 0.682. The van der Waals surface area contributed by atoms with Crippen LogP contribution in [-0.2, 0) is 24.4 Å². The molecule has 1 amide bonds. The van der Waals surface area contributed by atoms with Crippen LogP contribution >= 0.6 is 0 Å². The van der Waals surface area contributed by atoms with Gasteiger partial charge >= 0.3 is 0 Å². The predicted molar refractivity (Wildman–Crippen MR) is 80.5 cm³/mol. The molecule has 0 aromatic carbocycles. The molecule has 9 heteroatoms. The Morgan fingerprint density at radius 3 is 2.77 bits per heavy atom. The van der Waals surface area contributed by atoms with Gasteiger partial charge in [0.25, 0.3) is 0 Å². The molecule has 0 bridgehead atoms. The summed E-state index contributed by atoms with van der Waals surface area (Å²) in [6.07, 6.45) is 3.42. The van der Waals surface area contributed by atoms with Crippen molar-refractivity contribution in [2.75, 3.05) is 52.2 Å². The molecule has 2 aliphatic rings. The molecule has 2 saturated heterocycles. The van der Waals surface area contributed by atoms with E-state index in [1.165, 1.54) is 10.6 Å². The molecule has 1 atom stereocenters. The summed E-state index contributed by atoms with van der Waals surface area (Å²) in [5.41, 5.74) is 0. The number of nitrogens with zero attached hydrogens (tertiary/aromatic N) is 2. The zero-order valence-corrected chi connectivity index (χ0v) is 13.8. The smallest absolute Gasteiger partial charge is 0.221 e. The Morgan fingerprint density at radius 1 is 1.27 bits per heavy atom. The zero-order chi connectivity index (χ0) is 16.0. The molecule has 128 valence electrons. The van der Waals surface area contributed by atoms with E-state index >= 15 is 0 Å². The van der Waals surface area contributed by atoms with Crippen LogP contribution in [0.2, 0.25) is 0 Å². The molecule has 8 nitrogen and oxygen atoms in total. The van der Waals surface area contributed by atoms with E-state index in [2.05, 4.69) is 5.32 Å². The Bertz CT molecular complexity index is 464. The number of sulfonamides is 1. The number of ether oxygens (including phenoxy) is 1. The highest BCUT2D eigenvalue weighted by Gasteiger charge is 2.26. The summed E-state index contributed by atoms with van der Waals surface area (Å²) in [4.78, 5) is 17.3. The molecule has 0 radical (unpaired) electrons. The Morgan fingerprint density at radius 2 is 2.09 bits per heavy atom. The van der Waals surface area contributed by atoms with E-state index in [4.69, 9.17) is 9.57 Å². The van der Waals surface area contributed by atoms with Crippen molar-refractivity contribution in [3.8, 4) is 0 Å². The normalized spacial score (nSPS) is 25.0. The first-order valence-electron chi connectivity index (χ1n) is 7.66. The van der Waals surface area contributed by atoms with Gasteiger partial charge < -0.3 is 10.1 Å². The van der Waals surface area contributed by atoms with Gasteiger partial charge in [-0.3, -0.25) is 9.63 Å². The summed E-state index contributed by atoms with van der Waals surface area (Å²) in [5.74, 6) is -0.0748. The maximum Gasteiger partial charge on any atom is 0.221 e. The average Bonchev–Trinajstić information content (AvgIpc) is 2.51. The second-order valence-electron chi connectivity index (χ2n) is 5.64. The fourth-order valence-electron chi connectivity index (χ4n) is 2.48. The van der Waals surface area contributed by atoms with Crippen molar-refractivity contribution in [3.63, 3.8) is 0 Å². The largest absolute Gasteiger partial charge is 0.374 e. The minimum atomic E-state index is -3.20. The lowest BCUT2D eigenvalue weighted by molar-refractivity contribution is -0.181. The van der Waals surface area contributed by atoms with Gasteiger partial charge in [-0.1, -0.05) is 0 Å². The molecule has 0 aromatic heterocycles. The van der Waals surface area contributed by atoms with Crippen LogP contribution in [-0.4, -0.2) is 82.0 Å². The fourth-order valence-corrected chi connectivity index (χ4v) is 3.33.